The van der Waals surface area contributed by atoms with E-state index >= 15 is 0 Å². The van der Waals surface area contributed by atoms with E-state index in [9.17, 15) is 4.79 Å². The van der Waals surface area contributed by atoms with Crippen LogP contribution in [-0.4, -0.2) is 42.1 Å². The summed E-state index contributed by atoms with van der Waals surface area (Å²) in [7, 11) is 0. The van der Waals surface area contributed by atoms with Crippen LogP contribution in [0.15, 0.2) is 12.1 Å². The Bertz CT molecular complexity index is 523. The summed E-state index contributed by atoms with van der Waals surface area (Å²) in [6.45, 7) is 12.2. The van der Waals surface area contributed by atoms with Crippen molar-refractivity contribution in [3.05, 3.63) is 23.4 Å². The zero-order valence-corrected chi connectivity index (χ0v) is 14.1. The number of pyridine rings is 1. The number of nitrogens with zero attached hydrogens (tertiary/aromatic N) is 2. The normalized spacial score (nSPS) is 16.5. The van der Waals surface area contributed by atoms with Crippen molar-refractivity contribution in [3.8, 4) is 0 Å². The first-order valence-electron chi connectivity index (χ1n) is 8.00. The van der Waals surface area contributed by atoms with Crippen molar-refractivity contribution in [2.45, 2.75) is 40.7 Å². The standard InChI is InChI=1S/C17H27N3O2/c1-5-17(3,4)16(21)19-15-11-13(2)10-14(18-15)12-20-6-8-22-9-7-20/h10-11H,5-9,12H2,1-4H3,(H,18,19,21). The molecule has 1 aliphatic rings. The second-order valence-electron chi connectivity index (χ2n) is 6.60. The first-order valence-corrected chi connectivity index (χ1v) is 8.00. The highest BCUT2D eigenvalue weighted by Gasteiger charge is 2.25. The van der Waals surface area contributed by atoms with Gasteiger partial charge in [-0.05, 0) is 31.0 Å². The van der Waals surface area contributed by atoms with Crippen LogP contribution in [0.1, 0.15) is 38.4 Å². The van der Waals surface area contributed by atoms with Crippen LogP contribution in [-0.2, 0) is 16.1 Å². The van der Waals surface area contributed by atoms with E-state index in [4.69, 9.17) is 4.74 Å². The van der Waals surface area contributed by atoms with Crippen molar-refractivity contribution in [1.29, 1.82) is 0 Å². The second kappa shape index (κ2) is 7.20. The summed E-state index contributed by atoms with van der Waals surface area (Å²) in [6.07, 6.45) is 0.797. The number of hydrogen-bond donors (Lipinski definition) is 1. The Hall–Kier alpha value is -1.46. The molecule has 5 nitrogen and oxygen atoms in total. The fraction of sp³-hybridized carbons (Fsp3) is 0.647. The van der Waals surface area contributed by atoms with E-state index in [1.165, 1.54) is 0 Å². The molecule has 2 rings (SSSR count). The summed E-state index contributed by atoms with van der Waals surface area (Å²) >= 11 is 0. The lowest BCUT2D eigenvalue weighted by Gasteiger charge is -2.26. The van der Waals surface area contributed by atoms with Crippen molar-refractivity contribution in [3.63, 3.8) is 0 Å². The lowest BCUT2D eigenvalue weighted by molar-refractivity contribution is -0.124. The zero-order valence-electron chi connectivity index (χ0n) is 14.1. The summed E-state index contributed by atoms with van der Waals surface area (Å²) in [5, 5.41) is 2.96. The number of carbonyl (C=O) groups excluding carboxylic acids is 1. The molecule has 0 unspecified atom stereocenters. The molecule has 5 heteroatoms. The van der Waals surface area contributed by atoms with Gasteiger partial charge in [0.2, 0.25) is 5.91 Å². The van der Waals surface area contributed by atoms with E-state index in [2.05, 4.69) is 21.3 Å². The van der Waals surface area contributed by atoms with Crippen LogP contribution in [0, 0.1) is 12.3 Å². The first-order chi connectivity index (χ1) is 10.4. The number of nitrogens with one attached hydrogen (secondary N) is 1. The maximum Gasteiger partial charge on any atom is 0.231 e. The Kier molecular flexibility index (Phi) is 5.53. The van der Waals surface area contributed by atoms with Crippen LogP contribution >= 0.6 is 0 Å². The largest absolute Gasteiger partial charge is 0.379 e. The molecule has 1 saturated heterocycles. The number of aromatic nitrogens is 1. The third-order valence-corrected chi connectivity index (χ3v) is 4.25. The Morgan fingerprint density at radius 3 is 2.68 bits per heavy atom. The number of hydrogen-bond acceptors (Lipinski definition) is 4. The average Bonchev–Trinajstić information content (AvgIpc) is 2.47. The molecular formula is C17H27N3O2. The number of aryl methyl sites for hydroxylation is 1. The molecule has 1 aromatic heterocycles. The fourth-order valence-corrected chi connectivity index (χ4v) is 2.32. The van der Waals surface area contributed by atoms with Crippen LogP contribution in [0.2, 0.25) is 0 Å². The first kappa shape index (κ1) is 16.9. The van der Waals surface area contributed by atoms with Crippen molar-refractivity contribution >= 4 is 11.7 Å². The number of carbonyl (C=O) groups is 1. The van der Waals surface area contributed by atoms with Crippen LogP contribution in [0.4, 0.5) is 5.82 Å². The van der Waals surface area contributed by atoms with Gasteiger partial charge in [-0.1, -0.05) is 20.8 Å². The number of ether oxygens (including phenoxy) is 1. The van der Waals surface area contributed by atoms with Gasteiger partial charge in [0.15, 0.2) is 0 Å². The molecule has 22 heavy (non-hydrogen) atoms. The monoisotopic (exact) mass is 305 g/mol. The number of anilines is 1. The number of amides is 1. The molecule has 1 fully saturated rings. The van der Waals surface area contributed by atoms with Gasteiger partial charge in [0, 0.05) is 25.0 Å². The second-order valence-corrected chi connectivity index (χ2v) is 6.60. The molecule has 0 radical (unpaired) electrons. The van der Waals surface area contributed by atoms with E-state index < -0.39 is 0 Å². The van der Waals surface area contributed by atoms with E-state index in [1.807, 2.05) is 33.8 Å². The summed E-state index contributed by atoms with van der Waals surface area (Å²) < 4.78 is 5.37. The molecule has 0 saturated carbocycles. The highest BCUT2D eigenvalue weighted by molar-refractivity contribution is 5.94. The predicted octanol–water partition coefficient (Wildman–Crippen LogP) is 2.60. The third-order valence-electron chi connectivity index (χ3n) is 4.25. The molecule has 0 spiro atoms. The van der Waals surface area contributed by atoms with E-state index in [0.717, 1.165) is 50.5 Å². The van der Waals surface area contributed by atoms with Crippen LogP contribution in [0.3, 0.4) is 0 Å². The number of morpholine rings is 1. The zero-order chi connectivity index (χ0) is 16.2. The topological polar surface area (TPSA) is 54.5 Å². The van der Waals surface area contributed by atoms with E-state index in [1.54, 1.807) is 0 Å². The Morgan fingerprint density at radius 2 is 2.05 bits per heavy atom. The number of rotatable bonds is 5. The molecule has 1 aliphatic heterocycles. The van der Waals surface area contributed by atoms with Gasteiger partial charge in [0.25, 0.3) is 0 Å². The van der Waals surface area contributed by atoms with Gasteiger partial charge in [0.1, 0.15) is 5.82 Å². The Balaban J connectivity index is 2.07. The smallest absolute Gasteiger partial charge is 0.231 e. The molecule has 1 N–H and O–H groups in total. The Morgan fingerprint density at radius 1 is 1.36 bits per heavy atom. The van der Waals surface area contributed by atoms with E-state index in [-0.39, 0.29) is 11.3 Å². The molecule has 2 heterocycles. The molecule has 1 aromatic rings. The van der Waals surface area contributed by atoms with Gasteiger partial charge < -0.3 is 10.1 Å². The predicted molar refractivity (Wildman–Crippen MR) is 87.8 cm³/mol. The Labute approximate surface area is 133 Å². The summed E-state index contributed by atoms with van der Waals surface area (Å²) in [4.78, 5) is 19.2. The van der Waals surface area contributed by atoms with E-state index in [0.29, 0.717) is 5.82 Å². The maximum atomic E-state index is 12.3. The summed E-state index contributed by atoms with van der Waals surface area (Å²) in [6, 6.07) is 4.00. The molecule has 0 aromatic carbocycles. The van der Waals surface area contributed by atoms with Crippen LogP contribution in [0.25, 0.3) is 0 Å². The van der Waals surface area contributed by atoms with Crippen LogP contribution in [0.5, 0.6) is 0 Å². The summed E-state index contributed by atoms with van der Waals surface area (Å²) in [5.74, 6) is 0.667. The molecule has 0 aliphatic carbocycles. The van der Waals surface area contributed by atoms with Crippen LogP contribution < -0.4 is 5.32 Å². The average molecular weight is 305 g/mol. The van der Waals surface area contributed by atoms with Gasteiger partial charge in [-0.25, -0.2) is 4.98 Å². The van der Waals surface area contributed by atoms with Crippen molar-refractivity contribution in [1.82, 2.24) is 9.88 Å². The minimum absolute atomic E-state index is 0.0189. The quantitative estimate of drug-likeness (QED) is 0.908. The van der Waals surface area contributed by atoms with Gasteiger partial charge in [-0.15, -0.1) is 0 Å². The van der Waals surface area contributed by atoms with Crippen molar-refractivity contribution < 1.29 is 9.53 Å². The summed E-state index contributed by atoms with van der Waals surface area (Å²) in [5.41, 5.74) is 1.73. The molecule has 0 atom stereocenters. The highest BCUT2D eigenvalue weighted by atomic mass is 16.5. The van der Waals surface area contributed by atoms with Crippen molar-refractivity contribution in [2.75, 3.05) is 31.6 Å². The maximum absolute atomic E-state index is 12.3. The third kappa shape index (κ3) is 4.52. The molecule has 122 valence electrons. The minimum atomic E-state index is -0.379. The molecule has 1 amide bonds. The minimum Gasteiger partial charge on any atom is -0.379 e. The lowest BCUT2D eigenvalue weighted by Crippen LogP contribution is -2.36. The fourth-order valence-electron chi connectivity index (χ4n) is 2.32. The highest BCUT2D eigenvalue weighted by Crippen LogP contribution is 2.22. The van der Waals surface area contributed by atoms with Gasteiger partial charge >= 0.3 is 0 Å². The van der Waals surface area contributed by atoms with Gasteiger partial charge in [0.05, 0.1) is 18.9 Å². The lowest BCUT2D eigenvalue weighted by atomic mass is 9.89. The van der Waals surface area contributed by atoms with Gasteiger partial charge in [-0.3, -0.25) is 9.69 Å². The van der Waals surface area contributed by atoms with Gasteiger partial charge in [-0.2, -0.15) is 0 Å². The van der Waals surface area contributed by atoms with Crippen molar-refractivity contribution in [2.24, 2.45) is 5.41 Å². The SMILES string of the molecule is CCC(C)(C)C(=O)Nc1cc(C)cc(CN2CCOCC2)n1. The molecule has 0 bridgehead atoms. The molecular weight excluding hydrogens is 278 g/mol.